The molecule has 2 N–H and O–H groups in total. The zero-order valence-electron chi connectivity index (χ0n) is 8.48. The van der Waals surface area contributed by atoms with Gasteiger partial charge in [0, 0.05) is 16.3 Å². The SMILES string of the molecule is NC1(Cc2ccc3cnncc3c2)CC1. The van der Waals surface area contributed by atoms with E-state index >= 15 is 0 Å². The van der Waals surface area contributed by atoms with E-state index in [1.165, 1.54) is 5.56 Å². The minimum Gasteiger partial charge on any atom is -0.325 e. The third-order valence-electron chi connectivity index (χ3n) is 3.06. The van der Waals surface area contributed by atoms with Crippen LogP contribution in [0.4, 0.5) is 0 Å². The second-order valence-electron chi connectivity index (χ2n) is 4.49. The molecule has 0 radical (unpaired) electrons. The zero-order chi connectivity index (χ0) is 10.3. The monoisotopic (exact) mass is 199 g/mol. The van der Waals surface area contributed by atoms with Crippen molar-refractivity contribution < 1.29 is 0 Å². The molecule has 1 fully saturated rings. The van der Waals surface area contributed by atoms with Crippen LogP contribution in [0.15, 0.2) is 30.6 Å². The molecule has 1 aromatic carbocycles. The molecule has 2 aromatic rings. The molecule has 3 rings (SSSR count). The molecular weight excluding hydrogens is 186 g/mol. The third kappa shape index (κ3) is 1.70. The molecule has 1 aliphatic rings. The Hall–Kier alpha value is -1.48. The molecule has 76 valence electrons. The van der Waals surface area contributed by atoms with Crippen molar-refractivity contribution >= 4 is 10.8 Å². The van der Waals surface area contributed by atoms with E-state index < -0.39 is 0 Å². The summed E-state index contributed by atoms with van der Waals surface area (Å²) in [5.74, 6) is 0. The van der Waals surface area contributed by atoms with E-state index in [9.17, 15) is 0 Å². The summed E-state index contributed by atoms with van der Waals surface area (Å²) in [4.78, 5) is 0. The van der Waals surface area contributed by atoms with Gasteiger partial charge in [-0.25, -0.2) is 0 Å². The van der Waals surface area contributed by atoms with Crippen LogP contribution >= 0.6 is 0 Å². The highest BCUT2D eigenvalue weighted by atomic mass is 15.1. The summed E-state index contributed by atoms with van der Waals surface area (Å²) in [6.45, 7) is 0. The van der Waals surface area contributed by atoms with Crippen molar-refractivity contribution in [2.45, 2.75) is 24.8 Å². The molecule has 0 spiro atoms. The van der Waals surface area contributed by atoms with Crippen LogP contribution in [0.3, 0.4) is 0 Å². The fraction of sp³-hybridized carbons (Fsp3) is 0.333. The maximum absolute atomic E-state index is 6.09. The van der Waals surface area contributed by atoms with E-state index in [1.54, 1.807) is 12.4 Å². The molecular formula is C12H13N3. The minimum atomic E-state index is 0.0775. The topological polar surface area (TPSA) is 51.8 Å². The minimum absolute atomic E-state index is 0.0775. The number of aromatic nitrogens is 2. The van der Waals surface area contributed by atoms with E-state index in [4.69, 9.17) is 5.73 Å². The average molecular weight is 199 g/mol. The van der Waals surface area contributed by atoms with Crippen molar-refractivity contribution in [2.24, 2.45) is 5.73 Å². The molecule has 1 aromatic heterocycles. The lowest BCUT2D eigenvalue weighted by Crippen LogP contribution is -2.24. The quantitative estimate of drug-likeness (QED) is 0.800. The smallest absolute Gasteiger partial charge is 0.0574 e. The number of fused-ring (bicyclic) bond motifs is 1. The summed E-state index contributed by atoms with van der Waals surface area (Å²) in [6.07, 6.45) is 6.87. The fourth-order valence-corrected chi connectivity index (χ4v) is 1.90. The van der Waals surface area contributed by atoms with Crippen molar-refractivity contribution in [1.82, 2.24) is 10.2 Å². The molecule has 0 aliphatic heterocycles. The second-order valence-corrected chi connectivity index (χ2v) is 4.49. The molecule has 15 heavy (non-hydrogen) atoms. The highest BCUT2D eigenvalue weighted by Crippen LogP contribution is 2.35. The van der Waals surface area contributed by atoms with E-state index in [0.717, 1.165) is 30.0 Å². The molecule has 0 unspecified atom stereocenters. The van der Waals surface area contributed by atoms with Crippen LogP contribution in [0.25, 0.3) is 10.8 Å². The first-order valence-electron chi connectivity index (χ1n) is 5.23. The summed E-state index contributed by atoms with van der Waals surface area (Å²) >= 11 is 0. The van der Waals surface area contributed by atoms with Crippen molar-refractivity contribution in [3.63, 3.8) is 0 Å². The van der Waals surface area contributed by atoms with Crippen LogP contribution in [0.5, 0.6) is 0 Å². The van der Waals surface area contributed by atoms with Crippen molar-refractivity contribution in [2.75, 3.05) is 0 Å². The number of hydrogen-bond acceptors (Lipinski definition) is 3. The largest absolute Gasteiger partial charge is 0.325 e. The van der Waals surface area contributed by atoms with E-state index in [2.05, 4.69) is 28.4 Å². The third-order valence-corrected chi connectivity index (χ3v) is 3.06. The van der Waals surface area contributed by atoms with Gasteiger partial charge in [-0.1, -0.05) is 12.1 Å². The summed E-state index contributed by atoms with van der Waals surface area (Å²) in [7, 11) is 0. The van der Waals surface area contributed by atoms with Gasteiger partial charge in [0.05, 0.1) is 12.4 Å². The van der Waals surface area contributed by atoms with Gasteiger partial charge in [0.1, 0.15) is 0 Å². The number of rotatable bonds is 2. The molecule has 1 saturated carbocycles. The van der Waals surface area contributed by atoms with Crippen LogP contribution in [0, 0.1) is 0 Å². The molecule has 1 aliphatic carbocycles. The van der Waals surface area contributed by atoms with Crippen LogP contribution in [-0.4, -0.2) is 15.7 Å². The lowest BCUT2D eigenvalue weighted by Gasteiger charge is -2.08. The Balaban J connectivity index is 1.99. The van der Waals surface area contributed by atoms with Gasteiger partial charge >= 0.3 is 0 Å². The molecule has 3 heteroatoms. The Bertz CT molecular complexity index is 503. The van der Waals surface area contributed by atoms with E-state index in [-0.39, 0.29) is 5.54 Å². The number of nitrogens with zero attached hydrogens (tertiary/aromatic N) is 2. The molecule has 3 nitrogen and oxygen atoms in total. The van der Waals surface area contributed by atoms with Gasteiger partial charge in [-0.3, -0.25) is 0 Å². The number of hydrogen-bond donors (Lipinski definition) is 1. The van der Waals surface area contributed by atoms with Crippen LogP contribution in [-0.2, 0) is 6.42 Å². The Morgan fingerprint density at radius 1 is 1.13 bits per heavy atom. The van der Waals surface area contributed by atoms with Crippen LogP contribution < -0.4 is 5.73 Å². The van der Waals surface area contributed by atoms with Crippen molar-refractivity contribution in [1.29, 1.82) is 0 Å². The van der Waals surface area contributed by atoms with Crippen LogP contribution in [0.2, 0.25) is 0 Å². The van der Waals surface area contributed by atoms with Gasteiger partial charge in [-0.15, -0.1) is 0 Å². The maximum Gasteiger partial charge on any atom is 0.0574 e. The fourth-order valence-electron chi connectivity index (χ4n) is 1.90. The lowest BCUT2D eigenvalue weighted by atomic mass is 10.0. The Morgan fingerprint density at radius 3 is 2.60 bits per heavy atom. The van der Waals surface area contributed by atoms with Crippen molar-refractivity contribution in [3.05, 3.63) is 36.2 Å². The first-order valence-corrected chi connectivity index (χ1v) is 5.23. The predicted octanol–water partition coefficient (Wildman–Crippen LogP) is 1.66. The maximum atomic E-state index is 6.09. The van der Waals surface area contributed by atoms with Gasteiger partial charge in [-0.2, -0.15) is 10.2 Å². The average Bonchev–Trinajstić information content (AvgIpc) is 2.96. The first kappa shape index (κ1) is 8.80. The Morgan fingerprint density at radius 2 is 1.87 bits per heavy atom. The summed E-state index contributed by atoms with van der Waals surface area (Å²) in [5, 5.41) is 10.0. The molecule has 0 bridgehead atoms. The Kier molecular flexibility index (Phi) is 1.76. The standard InChI is InChI=1S/C12H13N3/c13-12(3-4-12)6-9-1-2-10-7-14-15-8-11(10)5-9/h1-2,5,7-8H,3-4,6,13H2. The van der Waals surface area contributed by atoms with E-state index in [1.807, 2.05) is 0 Å². The molecule has 0 saturated heterocycles. The highest BCUT2D eigenvalue weighted by molar-refractivity contribution is 5.81. The van der Waals surface area contributed by atoms with Gasteiger partial charge in [0.15, 0.2) is 0 Å². The van der Waals surface area contributed by atoms with Crippen LogP contribution in [0.1, 0.15) is 18.4 Å². The summed E-state index contributed by atoms with van der Waals surface area (Å²) in [6, 6.07) is 6.39. The number of benzene rings is 1. The Labute approximate surface area is 88.3 Å². The van der Waals surface area contributed by atoms with Gasteiger partial charge < -0.3 is 5.73 Å². The number of nitrogens with two attached hydrogens (primary N) is 1. The normalized spacial score (nSPS) is 17.9. The van der Waals surface area contributed by atoms with E-state index in [0.29, 0.717) is 0 Å². The molecule has 1 heterocycles. The summed E-state index contributed by atoms with van der Waals surface area (Å²) < 4.78 is 0. The summed E-state index contributed by atoms with van der Waals surface area (Å²) in [5.41, 5.74) is 7.47. The van der Waals surface area contributed by atoms with Gasteiger partial charge in [0.25, 0.3) is 0 Å². The molecule has 0 atom stereocenters. The van der Waals surface area contributed by atoms with Gasteiger partial charge in [0.2, 0.25) is 0 Å². The van der Waals surface area contributed by atoms with Gasteiger partial charge in [-0.05, 0) is 30.9 Å². The first-order chi connectivity index (χ1) is 7.25. The predicted molar refractivity (Wildman–Crippen MR) is 59.4 cm³/mol. The highest BCUT2D eigenvalue weighted by Gasteiger charge is 2.37. The zero-order valence-corrected chi connectivity index (χ0v) is 8.48. The van der Waals surface area contributed by atoms with Crippen molar-refractivity contribution in [3.8, 4) is 0 Å². The second kappa shape index (κ2) is 3.00. The lowest BCUT2D eigenvalue weighted by molar-refractivity contribution is 0.672. The molecule has 0 amide bonds.